The maximum atomic E-state index is 13.2. The van der Waals surface area contributed by atoms with E-state index < -0.39 is 10.0 Å². The van der Waals surface area contributed by atoms with Crippen molar-refractivity contribution in [3.63, 3.8) is 0 Å². The zero-order chi connectivity index (χ0) is 25.2. The van der Waals surface area contributed by atoms with Crippen LogP contribution in [-0.4, -0.2) is 67.4 Å². The van der Waals surface area contributed by atoms with Crippen LogP contribution >= 0.6 is 0 Å². The van der Waals surface area contributed by atoms with E-state index in [1.54, 1.807) is 23.9 Å². The van der Waals surface area contributed by atoms with Crippen LogP contribution in [0.2, 0.25) is 0 Å². The molecule has 0 saturated heterocycles. The lowest BCUT2D eigenvalue weighted by Crippen LogP contribution is -2.31. The van der Waals surface area contributed by atoms with Gasteiger partial charge in [-0.2, -0.15) is 5.10 Å². The highest BCUT2D eigenvalue weighted by Crippen LogP contribution is 2.28. The molecule has 0 amide bonds. The van der Waals surface area contributed by atoms with E-state index in [4.69, 9.17) is 4.74 Å². The molecule has 4 rings (SSSR count). The number of hydrogen-bond donors (Lipinski definition) is 2. The van der Waals surface area contributed by atoms with Crippen LogP contribution in [0.15, 0.2) is 58.2 Å². The number of nitrogens with zero attached hydrogens (tertiary/aromatic N) is 4. The van der Waals surface area contributed by atoms with Gasteiger partial charge in [-0.15, -0.1) is 0 Å². The molecule has 0 saturated carbocycles. The van der Waals surface area contributed by atoms with Crippen LogP contribution in [0.1, 0.15) is 5.56 Å². The monoisotopic (exact) mass is 496 g/mol. The van der Waals surface area contributed by atoms with Crippen LogP contribution in [0.4, 0.5) is 0 Å². The van der Waals surface area contributed by atoms with Crippen molar-refractivity contribution in [2.45, 2.75) is 11.5 Å². The van der Waals surface area contributed by atoms with Crippen molar-refractivity contribution in [3.8, 4) is 22.6 Å². The number of rotatable bonds is 9. The lowest BCUT2D eigenvalue weighted by atomic mass is 10.1. The molecule has 0 bridgehead atoms. The van der Waals surface area contributed by atoms with Gasteiger partial charge in [0.25, 0.3) is 5.56 Å². The van der Waals surface area contributed by atoms with Crippen LogP contribution in [-0.2, 0) is 28.4 Å². The van der Waals surface area contributed by atoms with Gasteiger partial charge in [0.05, 0.1) is 11.5 Å². The topological polar surface area (TPSA) is 122 Å². The molecule has 0 aliphatic carbocycles. The number of aromatic amines is 1. The molecule has 184 valence electrons. The van der Waals surface area contributed by atoms with Crippen molar-refractivity contribution in [2.24, 2.45) is 7.05 Å². The van der Waals surface area contributed by atoms with Crippen molar-refractivity contribution in [1.29, 1.82) is 0 Å². The Morgan fingerprint density at radius 2 is 1.89 bits per heavy atom. The standard InChI is InChI=1S/C24H28N6O4S/c1-29(2)13-12-25-35(32,33)18-10-11-19(17(14-18)15-34-4)22-26-23-20(24(31)27-22)21(28-30(23)3)16-8-6-5-7-9-16/h5-11,14,25H,12-13,15H2,1-4H3,(H,26,27,31). The lowest BCUT2D eigenvalue weighted by Gasteiger charge is -2.13. The Bertz CT molecular complexity index is 1510. The molecule has 35 heavy (non-hydrogen) atoms. The van der Waals surface area contributed by atoms with Gasteiger partial charge in [0.15, 0.2) is 5.65 Å². The lowest BCUT2D eigenvalue weighted by molar-refractivity contribution is 0.185. The second-order valence-corrected chi connectivity index (χ2v) is 10.2. The third-order valence-electron chi connectivity index (χ3n) is 5.53. The van der Waals surface area contributed by atoms with Crippen LogP contribution in [0.3, 0.4) is 0 Å². The predicted octanol–water partition coefficient (Wildman–Crippen LogP) is 1.98. The first-order valence-electron chi connectivity index (χ1n) is 11.0. The highest BCUT2D eigenvalue weighted by Gasteiger charge is 2.20. The van der Waals surface area contributed by atoms with Gasteiger partial charge in [0.1, 0.15) is 16.9 Å². The average molecular weight is 497 g/mol. The molecule has 2 aromatic heterocycles. The molecule has 0 aliphatic heterocycles. The van der Waals surface area contributed by atoms with Crippen molar-refractivity contribution in [3.05, 3.63) is 64.4 Å². The molecule has 4 aromatic rings. The summed E-state index contributed by atoms with van der Waals surface area (Å²) in [6, 6.07) is 14.1. The molecular weight excluding hydrogens is 468 g/mol. The molecule has 10 nitrogen and oxygen atoms in total. The van der Waals surface area contributed by atoms with Crippen LogP contribution < -0.4 is 10.3 Å². The number of hydrogen-bond acceptors (Lipinski definition) is 7. The third kappa shape index (κ3) is 5.17. The van der Waals surface area contributed by atoms with Gasteiger partial charge in [-0.3, -0.25) is 4.79 Å². The number of aromatic nitrogens is 4. The van der Waals surface area contributed by atoms with Gasteiger partial charge in [-0.25, -0.2) is 22.8 Å². The molecule has 2 N–H and O–H groups in total. The number of nitrogens with one attached hydrogen (secondary N) is 2. The molecule has 0 radical (unpaired) electrons. The first-order chi connectivity index (χ1) is 16.7. The SMILES string of the molecule is COCc1cc(S(=O)(=O)NCCN(C)C)ccc1-c1nc2c(c(-c3ccccc3)nn2C)c(=O)[nH]1. The summed E-state index contributed by atoms with van der Waals surface area (Å²) in [5, 5.41) is 4.91. The Kier molecular flexibility index (Phi) is 7.13. The zero-order valence-corrected chi connectivity index (χ0v) is 20.9. The molecule has 0 aliphatic rings. The second-order valence-electron chi connectivity index (χ2n) is 8.40. The Hall–Kier alpha value is -3.38. The Morgan fingerprint density at radius 3 is 2.57 bits per heavy atom. The number of sulfonamides is 1. The fourth-order valence-electron chi connectivity index (χ4n) is 3.81. The van der Waals surface area contributed by atoms with Gasteiger partial charge in [-0.05, 0) is 37.9 Å². The van der Waals surface area contributed by atoms with Crippen LogP contribution in [0, 0.1) is 0 Å². The summed E-state index contributed by atoms with van der Waals surface area (Å²) in [5.41, 5.74) is 2.60. The summed E-state index contributed by atoms with van der Waals surface area (Å²) in [6.07, 6.45) is 0. The van der Waals surface area contributed by atoms with Gasteiger partial charge < -0.3 is 14.6 Å². The summed E-state index contributed by atoms with van der Waals surface area (Å²) in [5.74, 6) is 0.307. The summed E-state index contributed by atoms with van der Waals surface area (Å²) < 4.78 is 35.0. The van der Waals surface area contributed by atoms with Gasteiger partial charge >= 0.3 is 0 Å². The Labute approximate surface area is 203 Å². The van der Waals surface area contributed by atoms with E-state index in [1.165, 1.54) is 13.2 Å². The number of methoxy groups -OCH3 is 1. The second kappa shape index (κ2) is 10.1. The average Bonchev–Trinajstić information content (AvgIpc) is 3.16. The Morgan fingerprint density at radius 1 is 1.14 bits per heavy atom. The van der Waals surface area contributed by atoms with Gasteiger partial charge in [0.2, 0.25) is 10.0 Å². The highest BCUT2D eigenvalue weighted by molar-refractivity contribution is 7.89. The third-order valence-corrected chi connectivity index (χ3v) is 6.99. The molecule has 0 fully saturated rings. The molecule has 2 aromatic carbocycles. The van der Waals surface area contributed by atoms with Crippen molar-refractivity contribution in [1.82, 2.24) is 29.4 Å². The first-order valence-corrected chi connectivity index (χ1v) is 12.5. The van der Waals surface area contributed by atoms with E-state index in [0.29, 0.717) is 40.2 Å². The maximum absolute atomic E-state index is 13.2. The number of benzene rings is 2. The molecule has 0 spiro atoms. The van der Waals surface area contributed by atoms with E-state index in [-0.39, 0.29) is 23.6 Å². The molecule has 0 unspecified atom stereocenters. The van der Waals surface area contributed by atoms with Crippen molar-refractivity contribution >= 4 is 21.1 Å². The van der Waals surface area contributed by atoms with Crippen molar-refractivity contribution < 1.29 is 13.2 Å². The number of likely N-dealkylation sites (N-methyl/N-ethyl adjacent to an activating group) is 1. The minimum atomic E-state index is -3.71. The maximum Gasteiger partial charge on any atom is 0.262 e. The first kappa shape index (κ1) is 24.7. The summed E-state index contributed by atoms with van der Waals surface area (Å²) in [7, 11) is 3.28. The van der Waals surface area contributed by atoms with Gasteiger partial charge in [-0.1, -0.05) is 30.3 Å². The van der Waals surface area contributed by atoms with Crippen molar-refractivity contribution in [2.75, 3.05) is 34.3 Å². The summed E-state index contributed by atoms with van der Waals surface area (Å²) in [6.45, 7) is 0.994. The molecule has 2 heterocycles. The van der Waals surface area contributed by atoms with Crippen LogP contribution in [0.5, 0.6) is 0 Å². The smallest absolute Gasteiger partial charge is 0.262 e. The van der Waals surface area contributed by atoms with E-state index in [0.717, 1.165) is 5.56 Å². The van der Waals surface area contributed by atoms with Crippen LogP contribution in [0.25, 0.3) is 33.7 Å². The number of ether oxygens (including phenoxy) is 1. The quantitative estimate of drug-likeness (QED) is 0.363. The zero-order valence-electron chi connectivity index (χ0n) is 20.1. The minimum Gasteiger partial charge on any atom is -0.380 e. The van der Waals surface area contributed by atoms with E-state index >= 15 is 0 Å². The van der Waals surface area contributed by atoms with E-state index in [1.807, 2.05) is 49.3 Å². The molecular formula is C24H28N6O4S. The minimum absolute atomic E-state index is 0.113. The van der Waals surface area contributed by atoms with E-state index in [2.05, 4.69) is 19.8 Å². The highest BCUT2D eigenvalue weighted by atomic mass is 32.2. The fourth-order valence-corrected chi connectivity index (χ4v) is 4.88. The Balaban J connectivity index is 1.78. The normalized spacial score (nSPS) is 12.0. The number of fused-ring (bicyclic) bond motifs is 1. The molecule has 11 heteroatoms. The summed E-state index contributed by atoms with van der Waals surface area (Å²) in [4.78, 5) is 22.7. The molecule has 0 atom stereocenters. The van der Waals surface area contributed by atoms with E-state index in [9.17, 15) is 13.2 Å². The predicted molar refractivity (Wildman–Crippen MR) is 134 cm³/mol. The van der Waals surface area contributed by atoms with Gasteiger partial charge in [0, 0.05) is 38.4 Å². The fraction of sp³-hybridized carbons (Fsp3) is 0.292. The largest absolute Gasteiger partial charge is 0.380 e. The number of aryl methyl sites for hydroxylation is 1. The summed E-state index contributed by atoms with van der Waals surface area (Å²) >= 11 is 0. The number of H-pyrrole nitrogens is 1.